The van der Waals surface area contributed by atoms with Crippen LogP contribution in [0.3, 0.4) is 0 Å². The summed E-state index contributed by atoms with van der Waals surface area (Å²) < 4.78 is 5.40. The molecule has 4 N–H and O–H groups in total. The number of ether oxygens (including phenoxy) is 1. The molecule has 0 saturated heterocycles. The van der Waals surface area contributed by atoms with E-state index < -0.39 is 42.1 Å². The number of phenols is 2. The number of nitrogens with zero attached hydrogens (tertiary/aromatic N) is 2. The normalized spacial score (nSPS) is 12.4. The predicted molar refractivity (Wildman–Crippen MR) is 166 cm³/mol. The zero-order valence-electron chi connectivity index (χ0n) is 24.7. The number of alkyl carbamates (subject to hydrolysis) is 1. The second kappa shape index (κ2) is 13.6. The van der Waals surface area contributed by atoms with Gasteiger partial charge in [-0.2, -0.15) is 5.26 Å². The lowest BCUT2D eigenvalue weighted by Gasteiger charge is -2.33. The molecule has 0 bridgehead atoms. The van der Waals surface area contributed by atoms with Gasteiger partial charge in [0, 0.05) is 17.7 Å². The monoisotopic (exact) mass is 594 g/mol. The lowest BCUT2D eigenvalue weighted by molar-refractivity contribution is -0.140. The van der Waals surface area contributed by atoms with Crippen LogP contribution in [0, 0.1) is 11.3 Å². The first kappa shape index (κ1) is 31.4. The summed E-state index contributed by atoms with van der Waals surface area (Å²) >= 11 is 0. The Labute approximate surface area is 255 Å². The van der Waals surface area contributed by atoms with Gasteiger partial charge in [-0.3, -0.25) is 9.59 Å². The van der Waals surface area contributed by atoms with Crippen LogP contribution in [0.2, 0.25) is 0 Å². The first-order valence-electron chi connectivity index (χ1n) is 14.0. The second-order valence-electron chi connectivity index (χ2n) is 11.2. The molecule has 10 heteroatoms. The van der Waals surface area contributed by atoms with E-state index >= 15 is 0 Å². The lowest BCUT2D eigenvalue weighted by Crippen LogP contribution is -2.53. The van der Waals surface area contributed by atoms with Crippen LogP contribution < -0.4 is 10.6 Å². The molecule has 0 heterocycles. The van der Waals surface area contributed by atoms with Gasteiger partial charge in [-0.1, -0.05) is 60.7 Å². The van der Waals surface area contributed by atoms with Crippen molar-refractivity contribution in [2.24, 2.45) is 0 Å². The smallest absolute Gasteiger partial charge is 0.408 e. The summed E-state index contributed by atoms with van der Waals surface area (Å²) in [5.41, 5.74) is 0.274. The summed E-state index contributed by atoms with van der Waals surface area (Å²) in [6.07, 6.45) is -0.911. The Morgan fingerprint density at radius 3 is 2.23 bits per heavy atom. The Hall–Kier alpha value is -5.56. The van der Waals surface area contributed by atoms with E-state index in [1.165, 1.54) is 24.3 Å². The van der Waals surface area contributed by atoms with E-state index in [1.54, 1.807) is 57.2 Å². The quantitative estimate of drug-likeness (QED) is 0.189. The molecule has 2 unspecified atom stereocenters. The number of phenolic OH excluding ortho intramolecular Hbond substituents is 2. The van der Waals surface area contributed by atoms with E-state index in [0.717, 1.165) is 15.7 Å². The molecule has 0 spiro atoms. The number of hydrogen-bond donors (Lipinski definition) is 4. The Balaban J connectivity index is 1.74. The molecule has 44 heavy (non-hydrogen) atoms. The van der Waals surface area contributed by atoms with Gasteiger partial charge in [-0.05, 0) is 67.4 Å². The van der Waals surface area contributed by atoms with Crippen LogP contribution in [0.15, 0.2) is 91.0 Å². The van der Waals surface area contributed by atoms with Crippen LogP contribution in [0.25, 0.3) is 10.8 Å². The van der Waals surface area contributed by atoms with Gasteiger partial charge in [0.15, 0.2) is 0 Å². The van der Waals surface area contributed by atoms with Crippen molar-refractivity contribution < 1.29 is 29.3 Å². The number of rotatable bonds is 9. The average molecular weight is 595 g/mol. The number of para-hydroxylation sites is 1. The maximum atomic E-state index is 14.3. The molecule has 10 nitrogen and oxygen atoms in total. The van der Waals surface area contributed by atoms with Gasteiger partial charge >= 0.3 is 6.09 Å². The maximum absolute atomic E-state index is 14.3. The van der Waals surface area contributed by atoms with E-state index in [2.05, 4.69) is 10.6 Å². The number of carbonyl (C=O) groups is 3. The summed E-state index contributed by atoms with van der Waals surface area (Å²) in [6, 6.07) is 24.3. The number of carbonyl (C=O) groups excluding carboxylic acids is 3. The Bertz CT molecular complexity index is 1690. The van der Waals surface area contributed by atoms with Crippen molar-refractivity contribution in [3.8, 4) is 17.6 Å². The number of nitrogens with one attached hydrogen (secondary N) is 2. The van der Waals surface area contributed by atoms with E-state index in [0.29, 0.717) is 11.3 Å². The minimum atomic E-state index is -1.45. The first-order chi connectivity index (χ1) is 20.9. The molecule has 4 aromatic carbocycles. The zero-order chi connectivity index (χ0) is 31.9. The molecule has 0 aliphatic rings. The Morgan fingerprint density at radius 1 is 0.909 bits per heavy atom. The van der Waals surface area contributed by atoms with Gasteiger partial charge in [0.2, 0.25) is 5.91 Å². The van der Waals surface area contributed by atoms with E-state index in [1.807, 2.05) is 36.4 Å². The number of benzene rings is 4. The molecule has 2 atom stereocenters. The fraction of sp³-hybridized carbons (Fsp3) is 0.235. The van der Waals surface area contributed by atoms with Crippen LogP contribution in [0.4, 0.5) is 10.5 Å². The van der Waals surface area contributed by atoms with E-state index in [-0.39, 0.29) is 23.5 Å². The van der Waals surface area contributed by atoms with E-state index in [4.69, 9.17) is 4.74 Å². The summed E-state index contributed by atoms with van der Waals surface area (Å²) in [7, 11) is 0. The molecule has 0 radical (unpaired) electrons. The van der Waals surface area contributed by atoms with Crippen LogP contribution in [0.5, 0.6) is 11.5 Å². The predicted octanol–water partition coefficient (Wildman–Crippen LogP) is 5.42. The number of hydrogen-bond acceptors (Lipinski definition) is 7. The average Bonchev–Trinajstić information content (AvgIpc) is 2.97. The number of fused-ring (bicyclic) bond motifs is 1. The van der Waals surface area contributed by atoms with Crippen LogP contribution >= 0.6 is 0 Å². The number of nitriles is 1. The Morgan fingerprint density at radius 2 is 1.57 bits per heavy atom. The van der Waals surface area contributed by atoms with Crippen LogP contribution in [-0.2, 0) is 20.7 Å². The van der Waals surface area contributed by atoms with Gasteiger partial charge < -0.3 is 30.5 Å². The van der Waals surface area contributed by atoms with Crippen molar-refractivity contribution in [3.05, 3.63) is 102 Å². The molecule has 4 aromatic rings. The standard InChI is InChI=1S/C34H34N4O6/c1-34(2,3)44-33(43)37-28(20-22-12-16-26(39)17-13-22)32(42)38(19-18-35)30(27-10-6-7-11-29(27)40)31(41)36-25-15-14-23-8-4-5-9-24(23)21-25/h4-17,21,28,30,39-40H,19-20H2,1-3H3,(H,36,41)(H,37,43). The van der Waals surface area contributed by atoms with Gasteiger partial charge in [0.05, 0.1) is 6.07 Å². The highest BCUT2D eigenvalue weighted by atomic mass is 16.6. The first-order valence-corrected chi connectivity index (χ1v) is 14.0. The highest BCUT2D eigenvalue weighted by Gasteiger charge is 2.37. The fourth-order valence-corrected chi connectivity index (χ4v) is 4.74. The third kappa shape index (κ3) is 8.04. The third-order valence-corrected chi connectivity index (χ3v) is 6.70. The fourth-order valence-electron chi connectivity index (χ4n) is 4.74. The minimum absolute atomic E-state index is 0.0211. The molecule has 0 aliphatic heterocycles. The van der Waals surface area contributed by atoms with Gasteiger partial charge in [-0.25, -0.2) is 4.79 Å². The topological polar surface area (TPSA) is 152 Å². The van der Waals surface area contributed by atoms with Crippen molar-refractivity contribution in [2.45, 2.75) is 44.9 Å². The number of amides is 3. The molecule has 3 amide bonds. The zero-order valence-corrected chi connectivity index (χ0v) is 24.7. The largest absolute Gasteiger partial charge is 0.508 e. The van der Waals surface area contributed by atoms with E-state index in [9.17, 15) is 29.9 Å². The van der Waals surface area contributed by atoms with Crippen molar-refractivity contribution >= 4 is 34.4 Å². The molecule has 0 aliphatic carbocycles. The lowest BCUT2D eigenvalue weighted by atomic mass is 9.99. The number of aromatic hydroxyl groups is 2. The molecule has 4 rings (SSSR count). The SMILES string of the molecule is CC(C)(C)OC(=O)NC(Cc1ccc(O)cc1)C(=O)N(CC#N)C(C(=O)Nc1ccc2ccccc2c1)c1ccccc1O. The Kier molecular flexibility index (Phi) is 9.71. The van der Waals surface area contributed by atoms with Crippen molar-refractivity contribution in [2.75, 3.05) is 11.9 Å². The van der Waals surface area contributed by atoms with Crippen molar-refractivity contribution in [3.63, 3.8) is 0 Å². The van der Waals surface area contributed by atoms with Crippen LogP contribution in [-0.4, -0.2) is 51.2 Å². The summed E-state index contributed by atoms with van der Waals surface area (Å²) in [4.78, 5) is 42.1. The third-order valence-electron chi connectivity index (χ3n) is 6.70. The second-order valence-corrected chi connectivity index (χ2v) is 11.2. The molecule has 0 fully saturated rings. The minimum Gasteiger partial charge on any atom is -0.508 e. The van der Waals surface area contributed by atoms with Gasteiger partial charge in [-0.15, -0.1) is 0 Å². The molecular formula is C34H34N4O6. The summed E-state index contributed by atoms with van der Waals surface area (Å²) in [5, 5.41) is 37.6. The highest BCUT2D eigenvalue weighted by molar-refractivity contribution is 6.00. The highest BCUT2D eigenvalue weighted by Crippen LogP contribution is 2.31. The maximum Gasteiger partial charge on any atom is 0.408 e. The molecule has 0 aromatic heterocycles. The summed E-state index contributed by atoms with van der Waals surface area (Å²) in [5.74, 6) is -1.66. The van der Waals surface area contributed by atoms with Gasteiger partial charge in [0.1, 0.15) is 35.7 Å². The molecular weight excluding hydrogens is 560 g/mol. The van der Waals surface area contributed by atoms with Crippen molar-refractivity contribution in [1.29, 1.82) is 5.26 Å². The van der Waals surface area contributed by atoms with Crippen LogP contribution in [0.1, 0.15) is 37.9 Å². The van der Waals surface area contributed by atoms with Crippen molar-refractivity contribution in [1.82, 2.24) is 10.2 Å². The van der Waals surface area contributed by atoms with Gasteiger partial charge in [0.25, 0.3) is 5.91 Å². The summed E-state index contributed by atoms with van der Waals surface area (Å²) in [6.45, 7) is 4.50. The molecule has 0 saturated carbocycles. The number of anilines is 1. The molecule has 226 valence electrons.